The molecule has 0 aromatic heterocycles. The third-order valence-corrected chi connectivity index (χ3v) is 3.56. The molecule has 0 aliphatic carbocycles. The predicted octanol–water partition coefficient (Wildman–Crippen LogP) is 3.99. The number of rotatable bonds is 6. The van der Waals surface area contributed by atoms with Crippen LogP contribution in [0.4, 0.5) is 32.0 Å². The van der Waals surface area contributed by atoms with Crippen LogP contribution >= 0.6 is 0 Å². The molecule has 2 rings (SSSR count). The van der Waals surface area contributed by atoms with E-state index in [2.05, 4.69) is 5.32 Å². The number of hydrogen-bond donors (Lipinski definition) is 3. The van der Waals surface area contributed by atoms with Gasteiger partial charge in [-0.05, 0) is 30.7 Å². The standard InChI is InChI=1S/C17H15F6NO3/c1-8-2-11(18)15(5-14(8)24-6-10(26)7-25)27-16-12(19)3-9(4-13(16)20)17(21,22)23/h2-5,10,24-26H,6-7H2,1H3. The van der Waals surface area contributed by atoms with Crippen molar-refractivity contribution in [3.63, 3.8) is 0 Å². The van der Waals surface area contributed by atoms with E-state index in [0.29, 0.717) is 5.56 Å². The Hall–Kier alpha value is -2.46. The van der Waals surface area contributed by atoms with Crippen LogP contribution in [-0.2, 0) is 6.18 Å². The molecule has 0 spiro atoms. The molecule has 0 saturated carbocycles. The third-order valence-electron chi connectivity index (χ3n) is 3.56. The van der Waals surface area contributed by atoms with Crippen molar-refractivity contribution in [2.45, 2.75) is 19.2 Å². The van der Waals surface area contributed by atoms with Crippen molar-refractivity contribution < 1.29 is 41.3 Å². The summed E-state index contributed by atoms with van der Waals surface area (Å²) in [4.78, 5) is 0. The van der Waals surface area contributed by atoms with Crippen molar-refractivity contribution in [1.29, 1.82) is 0 Å². The van der Waals surface area contributed by atoms with E-state index in [1.54, 1.807) is 0 Å². The molecule has 0 aliphatic rings. The summed E-state index contributed by atoms with van der Waals surface area (Å²) in [6.07, 6.45) is -6.07. The van der Waals surface area contributed by atoms with Gasteiger partial charge in [0.05, 0.1) is 18.3 Å². The summed E-state index contributed by atoms with van der Waals surface area (Å²) < 4.78 is 84.3. The van der Waals surface area contributed by atoms with E-state index >= 15 is 0 Å². The van der Waals surface area contributed by atoms with Crippen LogP contribution in [0.3, 0.4) is 0 Å². The smallest absolute Gasteiger partial charge is 0.416 e. The van der Waals surface area contributed by atoms with Gasteiger partial charge < -0.3 is 20.3 Å². The van der Waals surface area contributed by atoms with Crippen molar-refractivity contribution in [1.82, 2.24) is 0 Å². The molecule has 0 amide bonds. The van der Waals surface area contributed by atoms with E-state index in [4.69, 9.17) is 9.84 Å². The van der Waals surface area contributed by atoms with Crippen molar-refractivity contribution in [3.05, 3.63) is 52.8 Å². The van der Waals surface area contributed by atoms with E-state index in [1.807, 2.05) is 0 Å². The number of alkyl halides is 3. The predicted molar refractivity (Wildman–Crippen MR) is 84.2 cm³/mol. The molecule has 1 unspecified atom stereocenters. The van der Waals surface area contributed by atoms with Crippen LogP contribution in [0.1, 0.15) is 11.1 Å². The Morgan fingerprint density at radius 3 is 2.15 bits per heavy atom. The summed E-state index contributed by atoms with van der Waals surface area (Å²) in [5.74, 6) is -6.12. The maximum atomic E-state index is 14.0. The quantitative estimate of drug-likeness (QED) is 0.648. The molecule has 0 fully saturated rings. The highest BCUT2D eigenvalue weighted by Gasteiger charge is 2.33. The normalized spacial score (nSPS) is 12.8. The average molecular weight is 395 g/mol. The van der Waals surface area contributed by atoms with E-state index < -0.39 is 53.4 Å². The van der Waals surface area contributed by atoms with Crippen LogP contribution in [0.25, 0.3) is 0 Å². The van der Waals surface area contributed by atoms with Gasteiger partial charge >= 0.3 is 6.18 Å². The zero-order valence-corrected chi connectivity index (χ0v) is 13.9. The molecule has 1 atom stereocenters. The Morgan fingerprint density at radius 2 is 1.63 bits per heavy atom. The van der Waals surface area contributed by atoms with Crippen molar-refractivity contribution in [2.75, 3.05) is 18.5 Å². The molecule has 148 valence electrons. The summed E-state index contributed by atoms with van der Waals surface area (Å²) in [6, 6.07) is 2.09. The van der Waals surface area contributed by atoms with Crippen LogP contribution in [0, 0.1) is 24.4 Å². The summed E-state index contributed by atoms with van der Waals surface area (Å²) in [5.41, 5.74) is -0.959. The lowest BCUT2D eigenvalue weighted by Crippen LogP contribution is -2.23. The molecule has 0 saturated heterocycles. The number of anilines is 1. The number of benzene rings is 2. The second kappa shape index (κ2) is 8.05. The van der Waals surface area contributed by atoms with E-state index in [-0.39, 0.29) is 24.4 Å². The van der Waals surface area contributed by atoms with Crippen LogP contribution in [0.2, 0.25) is 0 Å². The largest absolute Gasteiger partial charge is 0.448 e. The first-order valence-electron chi connectivity index (χ1n) is 7.60. The molecule has 10 heteroatoms. The van der Waals surface area contributed by atoms with Gasteiger partial charge in [-0.25, -0.2) is 13.2 Å². The minimum Gasteiger partial charge on any atom is -0.448 e. The molecular formula is C17H15F6NO3. The van der Waals surface area contributed by atoms with Gasteiger partial charge in [0, 0.05) is 18.3 Å². The molecule has 0 heterocycles. The number of nitrogens with one attached hydrogen (secondary N) is 1. The fourth-order valence-electron chi connectivity index (χ4n) is 2.14. The van der Waals surface area contributed by atoms with Crippen LogP contribution in [-0.4, -0.2) is 29.5 Å². The van der Waals surface area contributed by atoms with Gasteiger partial charge in [-0.3, -0.25) is 0 Å². The van der Waals surface area contributed by atoms with Crippen LogP contribution < -0.4 is 10.1 Å². The molecule has 3 N–H and O–H groups in total. The first-order chi connectivity index (χ1) is 12.5. The fourth-order valence-corrected chi connectivity index (χ4v) is 2.14. The Morgan fingerprint density at radius 1 is 1.04 bits per heavy atom. The molecule has 0 aliphatic heterocycles. The van der Waals surface area contributed by atoms with E-state index in [1.165, 1.54) is 6.92 Å². The van der Waals surface area contributed by atoms with Crippen molar-refractivity contribution in [3.8, 4) is 11.5 Å². The van der Waals surface area contributed by atoms with Crippen molar-refractivity contribution >= 4 is 5.69 Å². The summed E-state index contributed by atoms with van der Waals surface area (Å²) >= 11 is 0. The highest BCUT2D eigenvalue weighted by atomic mass is 19.4. The van der Waals surface area contributed by atoms with Gasteiger partial charge in [0.1, 0.15) is 0 Å². The first kappa shape index (κ1) is 20.8. The average Bonchev–Trinajstić information content (AvgIpc) is 2.57. The molecule has 27 heavy (non-hydrogen) atoms. The summed E-state index contributed by atoms with van der Waals surface area (Å²) in [7, 11) is 0. The zero-order chi connectivity index (χ0) is 20.4. The fraction of sp³-hybridized carbons (Fsp3) is 0.294. The first-order valence-corrected chi connectivity index (χ1v) is 7.60. The molecule has 4 nitrogen and oxygen atoms in total. The number of halogens is 6. The molecule has 2 aromatic carbocycles. The maximum Gasteiger partial charge on any atom is 0.416 e. The zero-order valence-electron chi connectivity index (χ0n) is 13.9. The van der Waals surface area contributed by atoms with Gasteiger partial charge in [0.15, 0.2) is 29.0 Å². The van der Waals surface area contributed by atoms with Gasteiger partial charge in [-0.1, -0.05) is 0 Å². The number of aliphatic hydroxyl groups excluding tert-OH is 2. The van der Waals surface area contributed by atoms with Gasteiger partial charge in [0.25, 0.3) is 0 Å². The monoisotopic (exact) mass is 395 g/mol. The molecular weight excluding hydrogens is 380 g/mol. The number of ether oxygens (including phenoxy) is 1. The Balaban J connectivity index is 2.34. The van der Waals surface area contributed by atoms with Gasteiger partial charge in [-0.15, -0.1) is 0 Å². The third kappa shape index (κ3) is 5.04. The lowest BCUT2D eigenvalue weighted by atomic mass is 10.1. The van der Waals surface area contributed by atoms with Crippen LogP contribution in [0.5, 0.6) is 11.5 Å². The molecule has 2 aromatic rings. The second-order valence-electron chi connectivity index (χ2n) is 5.68. The van der Waals surface area contributed by atoms with E-state index in [9.17, 15) is 31.4 Å². The lowest BCUT2D eigenvalue weighted by molar-refractivity contribution is -0.138. The minimum atomic E-state index is -4.96. The lowest BCUT2D eigenvalue weighted by Gasteiger charge is -2.16. The number of aliphatic hydroxyl groups is 2. The van der Waals surface area contributed by atoms with Crippen LogP contribution in [0.15, 0.2) is 24.3 Å². The molecule has 0 bridgehead atoms. The van der Waals surface area contributed by atoms with Crippen molar-refractivity contribution in [2.24, 2.45) is 0 Å². The Bertz CT molecular complexity index is 802. The summed E-state index contributed by atoms with van der Waals surface area (Å²) in [6.45, 7) is 0.865. The number of hydrogen-bond acceptors (Lipinski definition) is 4. The Labute approximate surface area is 150 Å². The second-order valence-corrected chi connectivity index (χ2v) is 5.68. The van der Waals surface area contributed by atoms with E-state index in [0.717, 1.165) is 12.1 Å². The highest BCUT2D eigenvalue weighted by Crippen LogP contribution is 2.37. The minimum absolute atomic E-state index is 0.0429. The molecule has 0 radical (unpaired) electrons. The van der Waals surface area contributed by atoms with Gasteiger partial charge in [-0.2, -0.15) is 13.2 Å². The SMILES string of the molecule is Cc1cc(F)c(Oc2c(F)cc(C(F)(F)F)cc2F)cc1NCC(O)CO. The van der Waals surface area contributed by atoms with Gasteiger partial charge in [0.2, 0.25) is 0 Å². The topological polar surface area (TPSA) is 61.7 Å². The Kier molecular flexibility index (Phi) is 6.22. The highest BCUT2D eigenvalue weighted by molar-refractivity contribution is 5.56. The number of aryl methyl sites for hydroxylation is 1. The maximum absolute atomic E-state index is 14.0. The summed E-state index contributed by atoms with van der Waals surface area (Å²) in [5, 5.41) is 20.8.